The van der Waals surface area contributed by atoms with E-state index in [1.54, 1.807) is 14.2 Å². The van der Waals surface area contributed by atoms with Gasteiger partial charge in [0.15, 0.2) is 0 Å². The van der Waals surface area contributed by atoms with Crippen LogP contribution in [-0.4, -0.2) is 35.5 Å². The molecule has 5 heteroatoms. The van der Waals surface area contributed by atoms with Crippen LogP contribution in [0.15, 0.2) is 30.3 Å². The predicted molar refractivity (Wildman–Crippen MR) is 71.4 cm³/mol. The maximum Gasteiger partial charge on any atom is 0.500 e. The second-order valence-electron chi connectivity index (χ2n) is 3.61. The Bertz CT molecular complexity index is 304. The van der Waals surface area contributed by atoms with Crippen molar-refractivity contribution < 1.29 is 13.3 Å². The first-order valence-electron chi connectivity index (χ1n) is 5.60. The van der Waals surface area contributed by atoms with Crippen LogP contribution < -0.4 is 0 Å². The molecule has 1 aromatic carbocycles. The summed E-state index contributed by atoms with van der Waals surface area (Å²) in [6, 6.07) is 11.0. The molecule has 0 spiro atoms. The van der Waals surface area contributed by atoms with Gasteiger partial charge in [0.2, 0.25) is 0 Å². The Balaban J connectivity index is 2.54. The molecule has 0 heterocycles. The number of hydrogen-bond donors (Lipinski definition) is 0. The van der Waals surface area contributed by atoms with Gasteiger partial charge in [-0.15, -0.1) is 11.6 Å². The van der Waals surface area contributed by atoms with Crippen LogP contribution in [0.3, 0.4) is 0 Å². The normalized spacial score (nSPS) is 11.7. The molecule has 0 N–H and O–H groups in total. The van der Waals surface area contributed by atoms with E-state index in [2.05, 4.69) is 12.1 Å². The summed E-state index contributed by atoms with van der Waals surface area (Å²) < 4.78 is 16.6. The molecule has 3 nitrogen and oxygen atoms in total. The topological polar surface area (TPSA) is 27.7 Å². The van der Waals surface area contributed by atoms with Gasteiger partial charge in [-0.2, -0.15) is 0 Å². The van der Waals surface area contributed by atoms with E-state index in [1.807, 2.05) is 18.2 Å². The molecule has 1 rings (SSSR count). The SMILES string of the molecule is CO[Si](CCc1ccccc1)(OC)OCCCl. The molecule has 0 aliphatic rings. The Morgan fingerprint density at radius 1 is 1.12 bits per heavy atom. The minimum atomic E-state index is -2.53. The van der Waals surface area contributed by atoms with Crippen molar-refractivity contribution in [2.75, 3.05) is 26.7 Å². The third-order valence-corrected chi connectivity index (χ3v) is 5.49. The molecule has 1 aromatic rings. The average molecular weight is 275 g/mol. The molecule has 17 heavy (non-hydrogen) atoms. The Hall–Kier alpha value is -0.393. The van der Waals surface area contributed by atoms with Gasteiger partial charge < -0.3 is 13.3 Å². The lowest BCUT2D eigenvalue weighted by atomic mass is 10.2. The molecule has 0 unspecified atom stereocenters. The highest BCUT2D eigenvalue weighted by molar-refractivity contribution is 6.60. The van der Waals surface area contributed by atoms with Crippen LogP contribution in [0.25, 0.3) is 0 Å². The lowest BCUT2D eigenvalue weighted by Crippen LogP contribution is -2.44. The molecule has 0 radical (unpaired) electrons. The minimum Gasteiger partial charge on any atom is -0.377 e. The Labute approximate surface area is 109 Å². The molecule has 0 aliphatic carbocycles. The molecule has 0 aromatic heterocycles. The average Bonchev–Trinajstić information content (AvgIpc) is 2.41. The smallest absolute Gasteiger partial charge is 0.377 e. The van der Waals surface area contributed by atoms with Crippen molar-refractivity contribution in [1.29, 1.82) is 0 Å². The van der Waals surface area contributed by atoms with E-state index < -0.39 is 8.80 Å². The summed E-state index contributed by atoms with van der Waals surface area (Å²) in [6.07, 6.45) is 0.886. The van der Waals surface area contributed by atoms with Gasteiger partial charge in [0, 0.05) is 26.1 Å². The van der Waals surface area contributed by atoms with E-state index in [-0.39, 0.29) is 0 Å². The third kappa shape index (κ3) is 4.77. The molecular weight excluding hydrogens is 256 g/mol. The lowest BCUT2D eigenvalue weighted by Gasteiger charge is -2.26. The summed E-state index contributed by atoms with van der Waals surface area (Å²) in [7, 11) is 0.736. The number of benzene rings is 1. The molecule has 0 saturated carbocycles. The minimum absolute atomic E-state index is 0.451. The van der Waals surface area contributed by atoms with Crippen LogP contribution in [0.5, 0.6) is 0 Å². The summed E-state index contributed by atoms with van der Waals surface area (Å²) >= 11 is 5.62. The van der Waals surface area contributed by atoms with Crippen molar-refractivity contribution in [1.82, 2.24) is 0 Å². The first-order chi connectivity index (χ1) is 8.26. The highest BCUT2D eigenvalue weighted by atomic mass is 35.5. The predicted octanol–water partition coefficient (Wildman–Crippen LogP) is 2.72. The van der Waals surface area contributed by atoms with Crippen LogP contribution in [-0.2, 0) is 19.7 Å². The summed E-state index contributed by atoms with van der Waals surface area (Å²) in [5.41, 5.74) is 1.26. The largest absolute Gasteiger partial charge is 0.500 e. The lowest BCUT2D eigenvalue weighted by molar-refractivity contribution is 0.105. The van der Waals surface area contributed by atoms with E-state index in [9.17, 15) is 0 Å². The van der Waals surface area contributed by atoms with Gasteiger partial charge in [-0.1, -0.05) is 30.3 Å². The van der Waals surface area contributed by atoms with E-state index >= 15 is 0 Å². The van der Waals surface area contributed by atoms with Crippen LogP contribution in [0.4, 0.5) is 0 Å². The fraction of sp³-hybridized carbons (Fsp3) is 0.500. The highest BCUT2D eigenvalue weighted by Crippen LogP contribution is 2.17. The third-order valence-electron chi connectivity index (χ3n) is 2.58. The molecule has 0 atom stereocenters. The van der Waals surface area contributed by atoms with Gasteiger partial charge >= 0.3 is 8.80 Å². The second kappa shape index (κ2) is 7.84. The van der Waals surface area contributed by atoms with Gasteiger partial charge in [0.1, 0.15) is 0 Å². The van der Waals surface area contributed by atoms with Crippen molar-refractivity contribution in [2.24, 2.45) is 0 Å². The van der Waals surface area contributed by atoms with Crippen molar-refractivity contribution in [3.8, 4) is 0 Å². The Morgan fingerprint density at radius 2 is 1.76 bits per heavy atom. The zero-order chi connectivity index (χ0) is 12.6. The molecule has 0 aliphatic heterocycles. The van der Waals surface area contributed by atoms with Gasteiger partial charge in [-0.25, -0.2) is 0 Å². The summed E-state index contributed by atoms with van der Waals surface area (Å²) in [6.45, 7) is 0.463. The molecule has 96 valence electrons. The zero-order valence-electron chi connectivity index (χ0n) is 10.3. The summed E-state index contributed by atoms with van der Waals surface area (Å²) in [5.74, 6) is 0.451. The van der Waals surface area contributed by atoms with Crippen LogP contribution in [0.2, 0.25) is 6.04 Å². The second-order valence-corrected chi connectivity index (χ2v) is 6.96. The summed E-state index contributed by atoms with van der Waals surface area (Å²) in [4.78, 5) is 0. The summed E-state index contributed by atoms with van der Waals surface area (Å²) in [5, 5.41) is 0. The number of hydrogen-bond acceptors (Lipinski definition) is 3. The van der Waals surface area contributed by atoms with Crippen molar-refractivity contribution in [2.45, 2.75) is 12.5 Å². The molecule has 0 fully saturated rings. The van der Waals surface area contributed by atoms with Gasteiger partial charge in [0.25, 0.3) is 0 Å². The zero-order valence-corrected chi connectivity index (χ0v) is 12.1. The molecular formula is C12H19ClO3Si. The first kappa shape index (κ1) is 14.7. The van der Waals surface area contributed by atoms with Crippen molar-refractivity contribution in [3.05, 3.63) is 35.9 Å². The fourth-order valence-corrected chi connectivity index (χ4v) is 3.78. The molecule has 0 amide bonds. The number of aryl methyl sites for hydroxylation is 1. The quantitative estimate of drug-likeness (QED) is 0.539. The maximum absolute atomic E-state index is 5.66. The molecule has 0 bridgehead atoms. The number of rotatable bonds is 8. The van der Waals surface area contributed by atoms with Gasteiger partial charge in [-0.3, -0.25) is 0 Å². The van der Waals surface area contributed by atoms with Crippen LogP contribution >= 0.6 is 11.6 Å². The Kier molecular flexibility index (Phi) is 6.77. The van der Waals surface area contributed by atoms with Crippen molar-refractivity contribution in [3.63, 3.8) is 0 Å². The van der Waals surface area contributed by atoms with Crippen molar-refractivity contribution >= 4 is 20.4 Å². The number of halogens is 1. The van der Waals surface area contributed by atoms with Gasteiger partial charge in [-0.05, 0) is 12.0 Å². The maximum atomic E-state index is 5.66. The number of alkyl halides is 1. The molecule has 0 saturated heterocycles. The van der Waals surface area contributed by atoms with Crippen LogP contribution in [0, 0.1) is 0 Å². The van der Waals surface area contributed by atoms with E-state index in [0.717, 1.165) is 12.5 Å². The highest BCUT2D eigenvalue weighted by Gasteiger charge is 2.38. The fourth-order valence-electron chi connectivity index (χ4n) is 1.61. The van der Waals surface area contributed by atoms with E-state index in [4.69, 9.17) is 24.9 Å². The van der Waals surface area contributed by atoms with Gasteiger partial charge in [0.05, 0.1) is 6.61 Å². The van der Waals surface area contributed by atoms with Crippen LogP contribution in [0.1, 0.15) is 5.56 Å². The standard InChI is InChI=1S/C12H19ClO3Si/c1-14-17(15-2,16-10-9-13)11-8-12-6-4-3-5-7-12/h3-7H,8-11H2,1-2H3. The van der Waals surface area contributed by atoms with E-state index in [1.165, 1.54) is 5.56 Å². The van der Waals surface area contributed by atoms with E-state index in [0.29, 0.717) is 12.5 Å². The first-order valence-corrected chi connectivity index (χ1v) is 8.07. The Morgan fingerprint density at radius 3 is 2.29 bits per heavy atom. The monoisotopic (exact) mass is 274 g/mol.